The average molecular weight is 538 g/mol. The maximum atomic E-state index is 13.0. The molecule has 192 valence electrons. The van der Waals surface area contributed by atoms with Gasteiger partial charge in [-0.3, -0.25) is 19.4 Å². The third-order valence-electron chi connectivity index (χ3n) is 5.93. The summed E-state index contributed by atoms with van der Waals surface area (Å²) in [5, 5.41) is 9.27. The highest BCUT2D eigenvalue weighted by molar-refractivity contribution is 7.14. The van der Waals surface area contributed by atoms with Crippen LogP contribution in [0.15, 0.2) is 72.3 Å². The summed E-state index contributed by atoms with van der Waals surface area (Å²) in [4.78, 5) is 46.7. The molecular weight excluding hydrogens is 510 g/mol. The Balaban J connectivity index is 1.32. The van der Waals surface area contributed by atoms with Crippen LogP contribution in [0.1, 0.15) is 11.3 Å². The van der Waals surface area contributed by atoms with Gasteiger partial charge in [0.15, 0.2) is 0 Å². The summed E-state index contributed by atoms with van der Waals surface area (Å²) in [5.41, 5.74) is 1.45. The number of hydrogen-bond acceptors (Lipinski definition) is 6. The molecule has 2 aromatic heterocycles. The molecule has 1 aliphatic rings. The quantitative estimate of drug-likeness (QED) is 0.409. The molecule has 0 radical (unpaired) electrons. The zero-order valence-corrected chi connectivity index (χ0v) is 21.8. The van der Waals surface area contributed by atoms with Crippen molar-refractivity contribution in [3.63, 3.8) is 0 Å². The van der Waals surface area contributed by atoms with E-state index in [4.69, 9.17) is 11.6 Å². The molecule has 2 N–H and O–H groups in total. The SMILES string of the molecule is O=C(/C=C/c1ccc(Cl)cc1)N[C@@H](Cc1ccccn1)C(=O)NCC(=O)N1CCN(c2cccs2)CC1. The van der Waals surface area contributed by atoms with Crippen molar-refractivity contribution in [2.24, 2.45) is 0 Å². The normalized spacial score (nSPS) is 14.4. The number of pyridine rings is 1. The number of nitrogens with one attached hydrogen (secondary N) is 2. The van der Waals surface area contributed by atoms with Gasteiger partial charge >= 0.3 is 0 Å². The van der Waals surface area contributed by atoms with E-state index < -0.39 is 17.9 Å². The second kappa shape index (κ2) is 13.0. The van der Waals surface area contributed by atoms with Gasteiger partial charge in [0.2, 0.25) is 17.7 Å². The molecule has 3 heterocycles. The summed E-state index contributed by atoms with van der Waals surface area (Å²) in [6, 6.07) is 15.6. The molecular formula is C27H28ClN5O3S. The van der Waals surface area contributed by atoms with Gasteiger partial charge in [0.25, 0.3) is 0 Å². The summed E-state index contributed by atoms with van der Waals surface area (Å²) in [7, 11) is 0. The Hall–Kier alpha value is -3.69. The fourth-order valence-electron chi connectivity index (χ4n) is 3.93. The molecule has 1 atom stereocenters. The third-order valence-corrected chi connectivity index (χ3v) is 7.11. The summed E-state index contributed by atoms with van der Waals surface area (Å²) in [6.07, 6.45) is 4.83. The van der Waals surface area contributed by atoms with Crippen LogP contribution in [-0.4, -0.2) is 66.4 Å². The van der Waals surface area contributed by atoms with E-state index in [1.165, 1.54) is 11.1 Å². The lowest BCUT2D eigenvalue weighted by Crippen LogP contribution is -2.53. The van der Waals surface area contributed by atoms with Gasteiger partial charge in [-0.15, -0.1) is 11.3 Å². The molecule has 0 aliphatic carbocycles. The Bertz CT molecular complexity index is 1210. The lowest BCUT2D eigenvalue weighted by atomic mass is 10.1. The molecule has 37 heavy (non-hydrogen) atoms. The van der Waals surface area contributed by atoms with Crippen LogP contribution in [-0.2, 0) is 20.8 Å². The molecule has 0 spiro atoms. The van der Waals surface area contributed by atoms with Crippen LogP contribution in [0.5, 0.6) is 0 Å². The number of aromatic nitrogens is 1. The number of anilines is 1. The number of rotatable bonds is 9. The third kappa shape index (κ3) is 7.90. The van der Waals surface area contributed by atoms with Crippen LogP contribution in [0.3, 0.4) is 0 Å². The Morgan fingerprint density at radius 2 is 1.81 bits per heavy atom. The second-order valence-corrected chi connectivity index (χ2v) is 9.87. The van der Waals surface area contributed by atoms with E-state index in [9.17, 15) is 14.4 Å². The van der Waals surface area contributed by atoms with Gasteiger partial charge in [-0.05, 0) is 53.4 Å². The number of carbonyl (C=O) groups excluding carboxylic acids is 3. The number of halogens is 1. The number of hydrogen-bond donors (Lipinski definition) is 2. The van der Waals surface area contributed by atoms with Crippen molar-refractivity contribution in [1.82, 2.24) is 20.5 Å². The van der Waals surface area contributed by atoms with Crippen molar-refractivity contribution in [2.45, 2.75) is 12.5 Å². The highest BCUT2D eigenvalue weighted by Crippen LogP contribution is 2.22. The first-order valence-corrected chi connectivity index (χ1v) is 13.2. The van der Waals surface area contributed by atoms with Gasteiger partial charge < -0.3 is 20.4 Å². The second-order valence-electron chi connectivity index (χ2n) is 8.51. The van der Waals surface area contributed by atoms with E-state index in [1.54, 1.807) is 64.9 Å². The maximum absolute atomic E-state index is 13.0. The fraction of sp³-hybridized carbons (Fsp3) is 0.259. The number of piperazine rings is 1. The van der Waals surface area contributed by atoms with Crippen LogP contribution < -0.4 is 15.5 Å². The Kier molecular flexibility index (Phi) is 9.29. The van der Waals surface area contributed by atoms with E-state index >= 15 is 0 Å². The minimum absolute atomic E-state index is 0.132. The minimum Gasteiger partial charge on any atom is -0.360 e. The zero-order chi connectivity index (χ0) is 26.0. The largest absolute Gasteiger partial charge is 0.360 e. The van der Waals surface area contributed by atoms with E-state index in [-0.39, 0.29) is 18.9 Å². The van der Waals surface area contributed by atoms with E-state index in [0.717, 1.165) is 18.7 Å². The van der Waals surface area contributed by atoms with Crippen molar-refractivity contribution in [2.75, 3.05) is 37.6 Å². The number of benzene rings is 1. The average Bonchev–Trinajstić information content (AvgIpc) is 3.47. The Labute approximate surface area is 224 Å². The molecule has 0 bridgehead atoms. The molecule has 1 aliphatic heterocycles. The van der Waals surface area contributed by atoms with Crippen LogP contribution in [0, 0.1) is 0 Å². The van der Waals surface area contributed by atoms with E-state index in [2.05, 4.69) is 26.6 Å². The van der Waals surface area contributed by atoms with Crippen molar-refractivity contribution in [3.05, 3.63) is 88.5 Å². The molecule has 1 saturated heterocycles. The number of nitrogens with zero attached hydrogens (tertiary/aromatic N) is 3. The fourth-order valence-corrected chi connectivity index (χ4v) is 4.84. The standard InChI is InChI=1S/C27H28ClN5O3S/c28-21-9-6-20(7-10-21)8-11-24(34)31-23(18-22-4-1-2-12-29-22)27(36)30-19-25(35)32-13-15-33(16-14-32)26-5-3-17-37-26/h1-12,17,23H,13-16,18-19H2,(H,30,36)(H,31,34)/b11-8+/t23-/m0/s1. The molecule has 3 amide bonds. The molecule has 0 saturated carbocycles. The van der Waals surface area contributed by atoms with Crippen LogP contribution >= 0.6 is 22.9 Å². The first-order chi connectivity index (χ1) is 18.0. The first kappa shape index (κ1) is 26.4. The van der Waals surface area contributed by atoms with Gasteiger partial charge in [0.05, 0.1) is 11.5 Å². The molecule has 1 fully saturated rings. The van der Waals surface area contributed by atoms with Crippen molar-refractivity contribution in [3.8, 4) is 0 Å². The van der Waals surface area contributed by atoms with Crippen LogP contribution in [0.2, 0.25) is 5.02 Å². The van der Waals surface area contributed by atoms with Crippen molar-refractivity contribution < 1.29 is 14.4 Å². The van der Waals surface area contributed by atoms with Crippen LogP contribution in [0.25, 0.3) is 6.08 Å². The Morgan fingerprint density at radius 1 is 1.03 bits per heavy atom. The molecule has 1 aromatic carbocycles. The predicted molar refractivity (Wildman–Crippen MR) is 146 cm³/mol. The summed E-state index contributed by atoms with van der Waals surface area (Å²) < 4.78 is 0. The van der Waals surface area contributed by atoms with Gasteiger partial charge in [0.1, 0.15) is 6.04 Å². The number of carbonyl (C=O) groups is 3. The maximum Gasteiger partial charge on any atom is 0.244 e. The van der Waals surface area contributed by atoms with Crippen molar-refractivity contribution >= 4 is 51.7 Å². The van der Waals surface area contributed by atoms with Gasteiger partial charge in [-0.1, -0.05) is 29.8 Å². The minimum atomic E-state index is -0.888. The van der Waals surface area contributed by atoms with E-state index in [0.29, 0.717) is 23.8 Å². The highest BCUT2D eigenvalue weighted by atomic mass is 35.5. The molecule has 10 heteroatoms. The van der Waals surface area contributed by atoms with Gasteiger partial charge in [0, 0.05) is 55.6 Å². The summed E-state index contributed by atoms with van der Waals surface area (Å²) in [5.74, 6) is -1.02. The molecule has 8 nitrogen and oxygen atoms in total. The lowest BCUT2D eigenvalue weighted by molar-refractivity contribution is -0.134. The molecule has 0 unspecified atom stereocenters. The molecule has 3 aromatic rings. The highest BCUT2D eigenvalue weighted by Gasteiger charge is 2.25. The van der Waals surface area contributed by atoms with Crippen LogP contribution in [0.4, 0.5) is 5.00 Å². The summed E-state index contributed by atoms with van der Waals surface area (Å²) in [6.45, 7) is 2.55. The monoisotopic (exact) mass is 537 g/mol. The summed E-state index contributed by atoms with van der Waals surface area (Å²) >= 11 is 7.58. The smallest absolute Gasteiger partial charge is 0.244 e. The predicted octanol–water partition coefficient (Wildman–Crippen LogP) is 3.00. The first-order valence-electron chi connectivity index (χ1n) is 12.0. The Morgan fingerprint density at radius 3 is 2.49 bits per heavy atom. The van der Waals surface area contributed by atoms with E-state index in [1.807, 2.05) is 17.5 Å². The topological polar surface area (TPSA) is 94.6 Å². The lowest BCUT2D eigenvalue weighted by Gasteiger charge is -2.35. The van der Waals surface area contributed by atoms with Gasteiger partial charge in [-0.2, -0.15) is 0 Å². The van der Waals surface area contributed by atoms with Gasteiger partial charge in [-0.25, -0.2) is 0 Å². The number of thiophene rings is 1. The number of amides is 3. The van der Waals surface area contributed by atoms with Crippen molar-refractivity contribution in [1.29, 1.82) is 0 Å². The molecule has 4 rings (SSSR count). The zero-order valence-electron chi connectivity index (χ0n) is 20.2.